The van der Waals surface area contributed by atoms with Gasteiger partial charge in [-0.25, -0.2) is 9.37 Å². The molecule has 2 aliphatic rings. The maximum atomic E-state index is 15.4. The first-order chi connectivity index (χ1) is 17.8. The van der Waals surface area contributed by atoms with Gasteiger partial charge < -0.3 is 9.14 Å². The normalized spacial score (nSPS) is 17.8. The molecular formula is C28H23FN4O3S. The number of halogens is 1. The molecule has 37 heavy (non-hydrogen) atoms. The Labute approximate surface area is 215 Å². The molecule has 7 nitrogen and oxygen atoms in total. The second-order valence-corrected chi connectivity index (χ2v) is 11.1. The molecule has 186 valence electrons. The second-order valence-electron chi connectivity index (χ2n) is 9.42. The highest BCUT2D eigenvalue weighted by Gasteiger charge is 2.35. The van der Waals surface area contributed by atoms with Gasteiger partial charge in [0.05, 0.1) is 40.0 Å². The Morgan fingerprint density at radius 3 is 2.76 bits per heavy atom. The van der Waals surface area contributed by atoms with Crippen LogP contribution >= 0.6 is 0 Å². The summed E-state index contributed by atoms with van der Waals surface area (Å²) in [6.45, 7) is 3.56. The first-order valence-corrected chi connectivity index (χ1v) is 13.3. The molecule has 0 bridgehead atoms. The van der Waals surface area contributed by atoms with Crippen molar-refractivity contribution >= 4 is 28.0 Å². The van der Waals surface area contributed by atoms with Crippen LogP contribution in [0.3, 0.4) is 0 Å². The fourth-order valence-electron chi connectivity index (χ4n) is 4.68. The van der Waals surface area contributed by atoms with E-state index >= 15 is 4.39 Å². The molecule has 3 heterocycles. The Morgan fingerprint density at radius 2 is 2.00 bits per heavy atom. The number of nitriles is 1. The van der Waals surface area contributed by atoms with Gasteiger partial charge in [0.15, 0.2) is 17.7 Å². The number of nitrogens with zero attached hydrogens (tertiary/aromatic N) is 4. The van der Waals surface area contributed by atoms with Crippen molar-refractivity contribution < 1.29 is 18.1 Å². The molecule has 4 aromatic rings. The number of amides is 1. The third kappa shape index (κ3) is 4.07. The van der Waals surface area contributed by atoms with Gasteiger partial charge >= 0.3 is 0 Å². The summed E-state index contributed by atoms with van der Waals surface area (Å²) in [7, 11) is -1.09. The highest BCUT2D eigenvalue weighted by Crippen LogP contribution is 2.41. The summed E-state index contributed by atoms with van der Waals surface area (Å²) in [4.78, 5) is 20.1. The van der Waals surface area contributed by atoms with Crippen LogP contribution in [0.4, 0.5) is 10.1 Å². The SMILES string of the molecule is Cc1nc2ccc(C#N)cn2c1CN1C(=O)[C@@H](C)Oc2c(F)cc(-c3cccc(S(=O)C4CC4)c3)cc21. The summed E-state index contributed by atoms with van der Waals surface area (Å²) in [6, 6.07) is 16.0. The molecule has 1 unspecified atom stereocenters. The monoisotopic (exact) mass is 514 g/mol. The number of aryl methyl sites for hydroxylation is 1. The van der Waals surface area contributed by atoms with Gasteiger partial charge in [0.2, 0.25) is 0 Å². The zero-order valence-corrected chi connectivity index (χ0v) is 21.1. The van der Waals surface area contributed by atoms with Crippen molar-refractivity contribution in [2.45, 2.75) is 49.5 Å². The third-order valence-corrected chi connectivity index (χ3v) is 8.60. The number of aromatic nitrogens is 2. The molecule has 0 N–H and O–H groups in total. The molecule has 2 aromatic carbocycles. The number of benzene rings is 2. The summed E-state index contributed by atoms with van der Waals surface area (Å²) < 4.78 is 35.6. The van der Waals surface area contributed by atoms with E-state index in [1.807, 2.05) is 31.2 Å². The van der Waals surface area contributed by atoms with E-state index in [0.29, 0.717) is 44.3 Å². The summed E-state index contributed by atoms with van der Waals surface area (Å²) in [5.41, 5.74) is 4.12. The minimum absolute atomic E-state index is 0.0118. The smallest absolute Gasteiger partial charge is 0.268 e. The molecule has 0 radical (unpaired) electrons. The van der Waals surface area contributed by atoms with Gasteiger partial charge in [0.1, 0.15) is 11.7 Å². The van der Waals surface area contributed by atoms with Crippen molar-refractivity contribution in [3.63, 3.8) is 0 Å². The van der Waals surface area contributed by atoms with Crippen molar-refractivity contribution in [1.82, 2.24) is 9.38 Å². The standard InChI is InChI=1S/C28H23FN4O3S/c1-16-25(32-14-18(13-30)6-9-26(32)31-16)15-33-24-12-20(11-23(29)27(24)36-17(2)28(33)34)19-4-3-5-22(10-19)37(35)21-7-8-21/h3-6,9-12,14,17,21H,7-8,15H2,1-2H3/t17-,37?/m1/s1. The molecular weight excluding hydrogens is 491 g/mol. The number of imidazole rings is 1. The van der Waals surface area contributed by atoms with Crippen LogP contribution < -0.4 is 9.64 Å². The van der Waals surface area contributed by atoms with Gasteiger partial charge in [0, 0.05) is 16.3 Å². The molecule has 1 amide bonds. The summed E-state index contributed by atoms with van der Waals surface area (Å²) in [5, 5.41) is 9.54. The highest BCUT2D eigenvalue weighted by atomic mass is 32.2. The first kappa shape index (κ1) is 23.4. The Kier molecular flexibility index (Phi) is 5.57. The van der Waals surface area contributed by atoms with Crippen molar-refractivity contribution in [2.75, 3.05) is 4.90 Å². The molecule has 0 spiro atoms. The minimum atomic E-state index is -1.09. The summed E-state index contributed by atoms with van der Waals surface area (Å²) in [6.07, 6.45) is 2.72. The fourth-order valence-corrected chi connectivity index (χ4v) is 6.09. The Hall–Kier alpha value is -4.03. The van der Waals surface area contributed by atoms with Gasteiger partial charge in [-0.3, -0.25) is 13.9 Å². The topological polar surface area (TPSA) is 87.7 Å². The number of rotatable bonds is 5. The van der Waals surface area contributed by atoms with Crippen molar-refractivity contribution in [3.8, 4) is 22.9 Å². The number of carbonyl (C=O) groups is 1. The van der Waals surface area contributed by atoms with E-state index in [-0.39, 0.29) is 23.5 Å². The summed E-state index contributed by atoms with van der Waals surface area (Å²) in [5.74, 6) is -0.872. The van der Waals surface area contributed by atoms with Crippen LogP contribution in [0.25, 0.3) is 16.8 Å². The number of pyridine rings is 1. The van der Waals surface area contributed by atoms with Gasteiger partial charge in [-0.1, -0.05) is 12.1 Å². The molecule has 1 aliphatic carbocycles. The molecule has 2 aromatic heterocycles. The Balaban J connectivity index is 1.45. The lowest BCUT2D eigenvalue weighted by Crippen LogP contribution is -2.44. The third-order valence-electron chi connectivity index (χ3n) is 6.80. The number of fused-ring (bicyclic) bond motifs is 2. The number of ether oxygens (including phenoxy) is 1. The van der Waals surface area contributed by atoms with Crippen LogP contribution in [-0.2, 0) is 22.1 Å². The quantitative estimate of drug-likeness (QED) is 0.378. The number of anilines is 1. The van der Waals surface area contributed by atoms with E-state index in [1.165, 1.54) is 11.0 Å². The maximum Gasteiger partial charge on any atom is 0.268 e. The van der Waals surface area contributed by atoms with E-state index in [4.69, 9.17) is 4.74 Å². The average molecular weight is 515 g/mol. The van der Waals surface area contributed by atoms with Gasteiger partial charge in [0.25, 0.3) is 5.91 Å². The zero-order valence-electron chi connectivity index (χ0n) is 20.3. The fraction of sp³-hybridized carbons (Fsp3) is 0.250. The van der Waals surface area contributed by atoms with Crippen LogP contribution in [0.5, 0.6) is 5.75 Å². The molecule has 1 saturated carbocycles. The Morgan fingerprint density at radius 1 is 1.19 bits per heavy atom. The predicted octanol–water partition coefficient (Wildman–Crippen LogP) is 4.90. The largest absolute Gasteiger partial charge is 0.476 e. The number of carbonyl (C=O) groups excluding carboxylic acids is 1. The maximum absolute atomic E-state index is 15.4. The van der Waals surface area contributed by atoms with Crippen LogP contribution in [0.2, 0.25) is 0 Å². The van der Waals surface area contributed by atoms with E-state index in [0.717, 1.165) is 12.8 Å². The van der Waals surface area contributed by atoms with Crippen LogP contribution in [0.1, 0.15) is 36.7 Å². The molecule has 0 saturated heterocycles. The molecule has 2 atom stereocenters. The van der Waals surface area contributed by atoms with Crippen molar-refractivity contribution in [2.24, 2.45) is 0 Å². The van der Waals surface area contributed by atoms with Crippen LogP contribution in [0, 0.1) is 24.1 Å². The minimum Gasteiger partial charge on any atom is -0.476 e. The highest BCUT2D eigenvalue weighted by molar-refractivity contribution is 7.86. The van der Waals surface area contributed by atoms with Crippen LogP contribution in [0.15, 0.2) is 59.6 Å². The molecule has 1 aliphatic heterocycles. The van der Waals surface area contributed by atoms with E-state index < -0.39 is 22.7 Å². The average Bonchev–Trinajstić information content (AvgIpc) is 3.70. The van der Waals surface area contributed by atoms with Gasteiger partial charge in [-0.15, -0.1) is 0 Å². The molecule has 6 rings (SSSR count). The van der Waals surface area contributed by atoms with Crippen molar-refractivity contribution in [3.05, 3.63) is 77.5 Å². The molecule has 1 fully saturated rings. The van der Waals surface area contributed by atoms with Crippen LogP contribution in [-0.4, -0.2) is 30.9 Å². The Bertz CT molecular complexity index is 1650. The van der Waals surface area contributed by atoms with E-state index in [1.54, 1.807) is 35.7 Å². The lowest BCUT2D eigenvalue weighted by molar-refractivity contribution is -0.125. The lowest BCUT2D eigenvalue weighted by Gasteiger charge is -2.33. The predicted molar refractivity (Wildman–Crippen MR) is 137 cm³/mol. The van der Waals surface area contributed by atoms with Gasteiger partial charge in [-0.05, 0) is 74.2 Å². The molecule has 9 heteroatoms. The number of hydrogen-bond donors (Lipinski definition) is 0. The first-order valence-electron chi connectivity index (χ1n) is 12.0. The number of hydrogen-bond acceptors (Lipinski definition) is 5. The second kappa shape index (κ2) is 8.82. The van der Waals surface area contributed by atoms with E-state index in [9.17, 15) is 14.3 Å². The van der Waals surface area contributed by atoms with Crippen molar-refractivity contribution in [1.29, 1.82) is 5.26 Å². The summed E-state index contributed by atoms with van der Waals surface area (Å²) >= 11 is 0. The van der Waals surface area contributed by atoms with E-state index in [2.05, 4.69) is 11.1 Å². The lowest BCUT2D eigenvalue weighted by atomic mass is 10.0. The zero-order chi connectivity index (χ0) is 25.8. The van der Waals surface area contributed by atoms with Gasteiger partial charge in [-0.2, -0.15) is 5.26 Å².